The van der Waals surface area contributed by atoms with E-state index in [4.69, 9.17) is 10.6 Å². The molecule has 0 heterocycles. The highest BCUT2D eigenvalue weighted by Crippen LogP contribution is 2.42. The number of rotatable bonds is 4. The molecule has 0 rings (SSSR count). The van der Waals surface area contributed by atoms with Crippen LogP contribution in [0.3, 0.4) is 0 Å². The van der Waals surface area contributed by atoms with Gasteiger partial charge in [0.15, 0.2) is 7.29 Å². The summed E-state index contributed by atoms with van der Waals surface area (Å²) in [6.07, 6.45) is -0.684. The molecule has 0 saturated carbocycles. The van der Waals surface area contributed by atoms with Crippen LogP contribution < -0.4 is 16.8 Å². The average Bonchev–Trinajstić information content (AvgIpc) is 1.88. The molecule has 0 aliphatic carbocycles. The molecule has 0 amide bonds. The fourth-order valence-corrected chi connectivity index (χ4v) is 1.92. The molecule has 0 aromatic rings. The van der Waals surface area contributed by atoms with Gasteiger partial charge in [0, 0.05) is 0 Å². The van der Waals surface area contributed by atoms with Gasteiger partial charge in [0.1, 0.15) is 6.35 Å². The van der Waals surface area contributed by atoms with Gasteiger partial charge in [-0.1, -0.05) is 6.92 Å². The fourth-order valence-electron chi connectivity index (χ4n) is 0.753. The van der Waals surface area contributed by atoms with Gasteiger partial charge in [-0.3, -0.25) is 5.50 Å². The first-order valence-corrected chi connectivity index (χ1v) is 5.17. The van der Waals surface area contributed by atoms with E-state index in [0.717, 1.165) is 0 Å². The number of aliphatic carboxylic acids is 1. The Hall–Kier alpha value is -0.420. The highest BCUT2D eigenvalue weighted by atomic mass is 31.2. The quantitative estimate of drug-likeness (QED) is 0.501. The third kappa shape index (κ3) is 3.32. The molecule has 2 unspecified atom stereocenters. The van der Waals surface area contributed by atoms with Crippen LogP contribution in [0.15, 0.2) is 0 Å². The zero-order chi connectivity index (χ0) is 9.07. The standard InChI is InChI=1S/C5H12NO4P.H3N/c1-2-4(5(8)9)11(6,10)3-7;/h4,7H,2-3H2,1H3,(H2,6,10)(H,8,9);1H3. The van der Waals surface area contributed by atoms with Gasteiger partial charge >= 0.3 is 0 Å². The second-order valence-corrected chi connectivity index (χ2v) is 4.85. The number of aliphatic hydroxyl groups excluding tert-OH is 1. The Morgan fingerprint density at radius 3 is 2.25 bits per heavy atom. The van der Waals surface area contributed by atoms with E-state index in [1.807, 2.05) is 0 Å². The molecule has 0 aliphatic rings. The van der Waals surface area contributed by atoms with Crippen LogP contribution in [-0.2, 0) is 9.36 Å². The number of carboxylic acids is 1. The summed E-state index contributed by atoms with van der Waals surface area (Å²) >= 11 is 0. The second kappa shape index (κ2) is 5.27. The van der Waals surface area contributed by atoms with Crippen molar-refractivity contribution in [3.05, 3.63) is 0 Å². The Bertz CT molecular complexity index is 196. The van der Waals surface area contributed by atoms with E-state index >= 15 is 0 Å². The molecule has 0 bridgehead atoms. The first-order chi connectivity index (χ1) is 4.95. The minimum Gasteiger partial charge on any atom is -0.549 e. The first-order valence-electron chi connectivity index (χ1n) is 3.14. The summed E-state index contributed by atoms with van der Waals surface area (Å²) in [5, 5.41) is 18.7. The van der Waals surface area contributed by atoms with Crippen molar-refractivity contribution >= 4 is 13.3 Å². The predicted octanol–water partition coefficient (Wildman–Crippen LogP) is -0.922. The van der Waals surface area contributed by atoms with Crippen molar-refractivity contribution in [3.63, 3.8) is 0 Å². The Kier molecular flexibility index (Phi) is 6.20. The Labute approximate surface area is 70.8 Å². The number of nitrogens with two attached hydrogens (primary N) is 1. The monoisotopic (exact) mass is 198 g/mol. The summed E-state index contributed by atoms with van der Waals surface area (Å²) in [5.41, 5.74) is 3.83. The lowest BCUT2D eigenvalue weighted by Crippen LogP contribution is -2.37. The van der Waals surface area contributed by atoms with Crippen molar-refractivity contribution in [2.75, 3.05) is 6.35 Å². The molecule has 74 valence electrons. The summed E-state index contributed by atoms with van der Waals surface area (Å²) in [6.45, 7) is 1.52. The van der Waals surface area contributed by atoms with Crippen molar-refractivity contribution in [2.24, 2.45) is 5.50 Å². The normalized spacial score (nSPS) is 17.2. The van der Waals surface area contributed by atoms with Crippen molar-refractivity contribution < 1.29 is 19.6 Å². The molecule has 0 fully saturated rings. The maximum absolute atomic E-state index is 11.1. The van der Waals surface area contributed by atoms with Gasteiger partial charge in [-0.15, -0.1) is 0 Å². The molecular weight excluding hydrogens is 183 g/mol. The van der Waals surface area contributed by atoms with Crippen LogP contribution in [0.5, 0.6) is 0 Å². The number of hydrogen-bond donors (Lipinski definition) is 3. The van der Waals surface area contributed by atoms with E-state index in [0.29, 0.717) is 0 Å². The average molecular weight is 198 g/mol. The van der Waals surface area contributed by atoms with Crippen LogP contribution in [0.4, 0.5) is 0 Å². The molecule has 12 heavy (non-hydrogen) atoms. The van der Waals surface area contributed by atoms with Crippen molar-refractivity contribution in [1.29, 1.82) is 0 Å². The molecule has 7 heteroatoms. The molecule has 0 aliphatic heterocycles. The molecule has 0 saturated heterocycles. The van der Waals surface area contributed by atoms with Gasteiger partial charge in [0.05, 0.1) is 11.6 Å². The van der Waals surface area contributed by atoms with Gasteiger partial charge < -0.3 is 25.7 Å². The largest absolute Gasteiger partial charge is 0.549 e. The molecule has 0 radical (unpaired) electrons. The zero-order valence-electron chi connectivity index (χ0n) is 7.19. The van der Waals surface area contributed by atoms with Gasteiger partial charge in [-0.2, -0.15) is 0 Å². The Morgan fingerprint density at radius 1 is 1.75 bits per heavy atom. The Morgan fingerprint density at radius 2 is 2.17 bits per heavy atom. The van der Waals surface area contributed by atoms with Crippen molar-refractivity contribution in [3.8, 4) is 0 Å². The maximum Gasteiger partial charge on any atom is 0.177 e. The number of quaternary nitrogens is 1. The van der Waals surface area contributed by atoms with E-state index in [1.165, 1.54) is 6.92 Å². The van der Waals surface area contributed by atoms with Crippen LogP contribution in [0, 0.1) is 0 Å². The molecule has 0 aromatic heterocycles. The van der Waals surface area contributed by atoms with E-state index in [-0.39, 0.29) is 12.6 Å². The zero-order valence-corrected chi connectivity index (χ0v) is 8.08. The summed E-state index contributed by atoms with van der Waals surface area (Å²) in [7, 11) is -3.45. The molecule has 0 aromatic carbocycles. The first kappa shape index (κ1) is 14.1. The van der Waals surface area contributed by atoms with Crippen LogP contribution >= 0.6 is 7.29 Å². The van der Waals surface area contributed by atoms with Crippen molar-refractivity contribution in [2.45, 2.75) is 19.0 Å². The van der Waals surface area contributed by atoms with Gasteiger partial charge in [0.25, 0.3) is 0 Å². The maximum atomic E-state index is 11.1. The number of carbonyl (C=O) groups excluding carboxylic acids is 1. The number of carboxylic acid groups (broad SMARTS) is 1. The third-order valence-corrected chi connectivity index (χ3v) is 3.48. The molecule has 2 atom stereocenters. The highest BCUT2D eigenvalue weighted by molar-refractivity contribution is 7.62. The number of carbonyl (C=O) groups is 1. The fraction of sp³-hybridized carbons (Fsp3) is 0.800. The smallest absolute Gasteiger partial charge is 0.177 e. The van der Waals surface area contributed by atoms with Crippen molar-refractivity contribution in [1.82, 2.24) is 6.15 Å². The third-order valence-electron chi connectivity index (χ3n) is 1.41. The minimum absolute atomic E-state index is 0. The van der Waals surface area contributed by atoms with E-state index in [9.17, 15) is 14.5 Å². The van der Waals surface area contributed by atoms with E-state index < -0.39 is 25.3 Å². The lowest BCUT2D eigenvalue weighted by molar-refractivity contribution is -0.305. The van der Waals surface area contributed by atoms with Gasteiger partial charge in [-0.25, -0.2) is 0 Å². The lowest BCUT2D eigenvalue weighted by atomic mass is 10.3. The van der Waals surface area contributed by atoms with E-state index in [1.54, 1.807) is 0 Å². The topological polar surface area (TPSA) is 140 Å². The second-order valence-electron chi connectivity index (χ2n) is 2.24. The van der Waals surface area contributed by atoms with Gasteiger partial charge in [0.2, 0.25) is 0 Å². The number of aliphatic hydroxyl groups is 1. The highest BCUT2D eigenvalue weighted by Gasteiger charge is 2.27. The van der Waals surface area contributed by atoms with E-state index in [2.05, 4.69) is 0 Å². The van der Waals surface area contributed by atoms with Crippen LogP contribution in [0.25, 0.3) is 0 Å². The number of hydrogen-bond acceptors (Lipinski definition) is 4. The summed E-state index contributed by atoms with van der Waals surface area (Å²) in [6, 6.07) is 0. The Balaban J connectivity index is 0. The SMILES string of the molecule is CCC(C(=O)[O-])P(N)(=O)CO.[NH4+]. The van der Waals surface area contributed by atoms with Crippen LogP contribution in [0.1, 0.15) is 13.3 Å². The summed E-state index contributed by atoms with van der Waals surface area (Å²) < 4.78 is 11.1. The van der Waals surface area contributed by atoms with Gasteiger partial charge in [-0.05, 0) is 6.42 Å². The predicted molar refractivity (Wildman–Crippen MR) is 44.0 cm³/mol. The summed E-state index contributed by atoms with van der Waals surface area (Å²) in [5.74, 6) is -1.47. The summed E-state index contributed by atoms with van der Waals surface area (Å²) in [4.78, 5) is 10.3. The minimum atomic E-state index is -3.45. The molecular formula is C5H15N2O4P. The molecule has 7 N–H and O–H groups in total. The van der Waals surface area contributed by atoms with Crippen LogP contribution in [0.2, 0.25) is 0 Å². The van der Waals surface area contributed by atoms with Crippen LogP contribution in [-0.4, -0.2) is 23.1 Å². The molecule has 6 nitrogen and oxygen atoms in total. The molecule has 0 spiro atoms. The lowest BCUT2D eigenvalue weighted by Gasteiger charge is -2.21.